The van der Waals surface area contributed by atoms with Crippen molar-refractivity contribution < 1.29 is 0 Å². The van der Waals surface area contributed by atoms with Crippen LogP contribution in [0.3, 0.4) is 0 Å². The maximum atomic E-state index is 7.58. The molecule has 0 bridgehead atoms. The molecule has 1 heterocycles. The van der Waals surface area contributed by atoms with Crippen molar-refractivity contribution in [3.63, 3.8) is 0 Å². The Hall–Kier alpha value is -3.18. The minimum atomic E-state index is 0.685. The predicted molar refractivity (Wildman–Crippen MR) is 112 cm³/mol. The predicted octanol–water partition coefficient (Wildman–Crippen LogP) is 7.26. The lowest BCUT2D eigenvalue weighted by Crippen LogP contribution is -1.93. The molecule has 0 unspecified atom stereocenters. The van der Waals surface area contributed by atoms with E-state index in [1.807, 2.05) is 30.5 Å². The summed E-state index contributed by atoms with van der Waals surface area (Å²) < 4.78 is 0. The first-order valence-corrected chi connectivity index (χ1v) is 9.63. The molecular weight excluding hydrogens is 328 g/mol. The van der Waals surface area contributed by atoms with Crippen molar-refractivity contribution in [3.8, 4) is 11.3 Å². The van der Waals surface area contributed by atoms with Gasteiger partial charge in [0, 0.05) is 11.6 Å². The number of aromatic nitrogens is 1. The summed E-state index contributed by atoms with van der Waals surface area (Å²) >= 11 is 0. The van der Waals surface area contributed by atoms with Crippen LogP contribution in [0.25, 0.3) is 37.6 Å². The van der Waals surface area contributed by atoms with Crippen molar-refractivity contribution in [1.82, 2.24) is 4.98 Å². The molecule has 1 aliphatic carbocycles. The van der Waals surface area contributed by atoms with Crippen molar-refractivity contribution in [2.75, 3.05) is 0 Å². The fraction of sp³-hybridized carbons (Fsp3) is 0.200. The van der Waals surface area contributed by atoms with Crippen LogP contribution in [0, 0.1) is 6.57 Å². The van der Waals surface area contributed by atoms with E-state index < -0.39 is 0 Å². The quantitative estimate of drug-likeness (QED) is 0.348. The topological polar surface area (TPSA) is 17.2 Å². The summed E-state index contributed by atoms with van der Waals surface area (Å²) in [6, 6.07) is 21.1. The van der Waals surface area contributed by atoms with E-state index in [0.717, 1.165) is 27.4 Å². The summed E-state index contributed by atoms with van der Waals surface area (Å²) in [5, 5.41) is 4.48. The van der Waals surface area contributed by atoms with Gasteiger partial charge in [-0.1, -0.05) is 55.3 Å². The molecule has 2 heteroatoms. The lowest BCUT2D eigenvalue weighted by molar-refractivity contribution is 0.724. The fourth-order valence-electron chi connectivity index (χ4n) is 4.46. The van der Waals surface area contributed by atoms with Gasteiger partial charge in [-0.25, -0.2) is 4.85 Å². The van der Waals surface area contributed by atoms with Gasteiger partial charge < -0.3 is 0 Å². The Bertz CT molecular complexity index is 1190. The molecule has 1 aliphatic rings. The molecule has 2 nitrogen and oxygen atoms in total. The monoisotopic (exact) mass is 348 g/mol. The van der Waals surface area contributed by atoms with Crippen LogP contribution in [0.5, 0.6) is 0 Å². The van der Waals surface area contributed by atoms with Crippen LogP contribution in [0.4, 0.5) is 5.69 Å². The molecule has 1 saturated carbocycles. The molecule has 0 spiro atoms. The first-order chi connectivity index (χ1) is 13.3. The maximum Gasteiger partial charge on any atom is 0.195 e. The summed E-state index contributed by atoms with van der Waals surface area (Å²) in [6.07, 6.45) is 7.20. The highest BCUT2D eigenvalue weighted by atomic mass is 14.7. The Kier molecular flexibility index (Phi) is 3.87. The molecule has 0 aliphatic heterocycles. The molecule has 130 valence electrons. The van der Waals surface area contributed by atoms with Gasteiger partial charge >= 0.3 is 0 Å². The molecule has 1 aromatic heterocycles. The SMILES string of the molecule is [C-]#[N+]c1cc(-c2nccc3cc(C4CCCC4)ccc23)cc2ccccc12. The van der Waals surface area contributed by atoms with Crippen molar-refractivity contribution in [2.24, 2.45) is 0 Å². The largest absolute Gasteiger partial charge is 0.256 e. The molecule has 0 radical (unpaired) electrons. The minimum Gasteiger partial charge on any atom is -0.256 e. The number of rotatable bonds is 2. The molecule has 1 fully saturated rings. The third-order valence-electron chi connectivity index (χ3n) is 5.85. The maximum absolute atomic E-state index is 7.58. The molecule has 0 N–H and O–H groups in total. The highest BCUT2D eigenvalue weighted by molar-refractivity contribution is 6.02. The van der Waals surface area contributed by atoms with E-state index in [0.29, 0.717) is 11.6 Å². The Labute approximate surface area is 159 Å². The van der Waals surface area contributed by atoms with Gasteiger partial charge in [0.1, 0.15) is 0 Å². The van der Waals surface area contributed by atoms with Gasteiger partial charge in [-0.05, 0) is 64.2 Å². The first kappa shape index (κ1) is 16.0. The number of benzene rings is 3. The molecule has 0 atom stereocenters. The van der Waals surface area contributed by atoms with Crippen LogP contribution < -0.4 is 0 Å². The Morgan fingerprint density at radius 3 is 2.52 bits per heavy atom. The van der Waals surface area contributed by atoms with E-state index in [-0.39, 0.29) is 0 Å². The van der Waals surface area contributed by atoms with Crippen LogP contribution in [0.15, 0.2) is 66.9 Å². The van der Waals surface area contributed by atoms with Crippen molar-refractivity contribution in [3.05, 3.63) is 83.8 Å². The Morgan fingerprint density at radius 2 is 1.67 bits per heavy atom. The lowest BCUT2D eigenvalue weighted by atomic mass is 9.93. The second-order valence-electron chi connectivity index (χ2n) is 7.45. The molecule has 27 heavy (non-hydrogen) atoms. The van der Waals surface area contributed by atoms with Crippen LogP contribution in [-0.4, -0.2) is 4.98 Å². The summed E-state index contributed by atoms with van der Waals surface area (Å²) in [7, 11) is 0. The summed E-state index contributed by atoms with van der Waals surface area (Å²) in [4.78, 5) is 8.44. The third kappa shape index (κ3) is 2.76. The number of hydrogen-bond acceptors (Lipinski definition) is 1. The van der Waals surface area contributed by atoms with E-state index in [1.54, 1.807) is 0 Å². The Balaban J connectivity index is 1.69. The van der Waals surface area contributed by atoms with Crippen molar-refractivity contribution in [2.45, 2.75) is 31.6 Å². The number of pyridine rings is 1. The summed E-state index contributed by atoms with van der Waals surface area (Å²) in [5.74, 6) is 0.709. The number of hydrogen-bond donors (Lipinski definition) is 0. The molecule has 0 saturated heterocycles. The lowest BCUT2D eigenvalue weighted by Gasteiger charge is -2.13. The van der Waals surface area contributed by atoms with Gasteiger partial charge in [0.25, 0.3) is 0 Å². The zero-order valence-electron chi connectivity index (χ0n) is 15.2. The van der Waals surface area contributed by atoms with Crippen molar-refractivity contribution >= 4 is 27.2 Å². The average molecular weight is 348 g/mol. The normalized spacial score (nSPS) is 14.6. The molecule has 4 aromatic rings. The van der Waals surface area contributed by atoms with Crippen molar-refractivity contribution in [1.29, 1.82) is 0 Å². The van der Waals surface area contributed by atoms with E-state index >= 15 is 0 Å². The van der Waals surface area contributed by atoms with Gasteiger partial charge in [0.2, 0.25) is 0 Å². The third-order valence-corrected chi connectivity index (χ3v) is 5.85. The van der Waals surface area contributed by atoms with Crippen LogP contribution in [-0.2, 0) is 0 Å². The zero-order valence-corrected chi connectivity index (χ0v) is 15.2. The minimum absolute atomic E-state index is 0.685. The smallest absolute Gasteiger partial charge is 0.195 e. The second-order valence-corrected chi connectivity index (χ2v) is 7.45. The summed E-state index contributed by atoms with van der Waals surface area (Å²) in [5.41, 5.74) is 4.11. The van der Waals surface area contributed by atoms with Gasteiger partial charge in [-0.3, -0.25) is 4.98 Å². The van der Waals surface area contributed by atoms with E-state index in [4.69, 9.17) is 6.57 Å². The molecule has 0 amide bonds. The van der Waals surface area contributed by atoms with E-state index in [2.05, 4.69) is 46.2 Å². The van der Waals surface area contributed by atoms with Crippen LogP contribution >= 0.6 is 0 Å². The van der Waals surface area contributed by atoms with Crippen LogP contribution in [0.1, 0.15) is 37.2 Å². The number of fused-ring (bicyclic) bond motifs is 2. The van der Waals surface area contributed by atoms with Gasteiger partial charge in [-0.2, -0.15) is 0 Å². The van der Waals surface area contributed by atoms with Gasteiger partial charge in [-0.15, -0.1) is 0 Å². The Morgan fingerprint density at radius 1 is 0.852 bits per heavy atom. The highest BCUT2D eigenvalue weighted by Crippen LogP contribution is 2.38. The van der Waals surface area contributed by atoms with E-state index in [9.17, 15) is 0 Å². The fourth-order valence-corrected chi connectivity index (χ4v) is 4.46. The molecular formula is C25H20N2. The van der Waals surface area contributed by atoms with E-state index in [1.165, 1.54) is 36.6 Å². The average Bonchev–Trinajstić information content (AvgIpc) is 3.27. The molecule has 5 rings (SSSR count). The molecule has 3 aromatic carbocycles. The zero-order chi connectivity index (χ0) is 18.2. The van der Waals surface area contributed by atoms with Gasteiger partial charge in [0.05, 0.1) is 12.3 Å². The highest BCUT2D eigenvalue weighted by Gasteiger charge is 2.18. The van der Waals surface area contributed by atoms with Crippen LogP contribution in [0.2, 0.25) is 0 Å². The van der Waals surface area contributed by atoms with Gasteiger partial charge in [0.15, 0.2) is 5.69 Å². The first-order valence-electron chi connectivity index (χ1n) is 9.63. The second kappa shape index (κ2) is 6.52. The number of nitrogens with zero attached hydrogens (tertiary/aromatic N) is 2. The summed E-state index contributed by atoms with van der Waals surface area (Å²) in [6.45, 7) is 7.58. The standard InChI is InChI=1S/C25H20N2/c1-26-24-16-21(15-19-8-4-5-9-22(19)24)25-23-11-10-18(17-6-2-3-7-17)14-20(23)12-13-27-25/h4-5,8-17H,2-3,6-7H2.